The van der Waals surface area contributed by atoms with Crippen LogP contribution in [-0.2, 0) is 9.53 Å². The fourth-order valence-electron chi connectivity index (χ4n) is 6.30. The first-order valence-corrected chi connectivity index (χ1v) is 16.0. The second kappa shape index (κ2) is 12.9. The number of carbonyl (C=O) groups is 2. The number of amides is 1. The van der Waals surface area contributed by atoms with Crippen LogP contribution in [-0.4, -0.2) is 69.6 Å². The number of hydrogen-bond donors (Lipinski definition) is 1. The normalized spacial score (nSPS) is 18.8. The van der Waals surface area contributed by atoms with Crippen molar-refractivity contribution in [3.8, 4) is 22.9 Å². The molecule has 2 fully saturated rings. The lowest BCUT2D eigenvalue weighted by atomic mass is 9.97. The standard InChI is InChI=1S/C36H42N6O4/c1-23-19-26(43)22-42(20-23)31-12-6-10-28-27(31)14-13-24(2)32(28)45-33-29(11-7-16-37-33)30-15-17-38-34(40-30)39-25-9-8-18-41(21-25)35(44)46-36(3,4)5/h6-7,10-17,23,25H,8-9,18-22H2,1-5H3,(H,38,39,40)/t23?,25-/m0/s1. The summed E-state index contributed by atoms with van der Waals surface area (Å²) in [5.41, 5.74) is 2.86. The van der Waals surface area contributed by atoms with Crippen molar-refractivity contribution in [2.75, 3.05) is 36.4 Å². The SMILES string of the molecule is Cc1ccc2c(N3CC(=O)CC(C)C3)cccc2c1Oc1ncccc1-c1ccnc(N[C@H]2CCCN(C(=O)OC(C)(C)C)C2)n1. The van der Waals surface area contributed by atoms with Crippen LogP contribution in [0.25, 0.3) is 22.0 Å². The van der Waals surface area contributed by atoms with E-state index in [1.807, 2.05) is 52.0 Å². The minimum atomic E-state index is -0.544. The summed E-state index contributed by atoms with van der Waals surface area (Å²) < 4.78 is 12.2. The summed E-state index contributed by atoms with van der Waals surface area (Å²) >= 11 is 0. The number of piperidine rings is 2. The van der Waals surface area contributed by atoms with Crippen molar-refractivity contribution in [2.24, 2.45) is 5.92 Å². The predicted molar refractivity (Wildman–Crippen MR) is 179 cm³/mol. The molecule has 2 aromatic heterocycles. The van der Waals surface area contributed by atoms with E-state index >= 15 is 0 Å². The zero-order chi connectivity index (χ0) is 32.4. The Bertz CT molecular complexity index is 1750. The number of anilines is 2. The number of ketones is 1. The van der Waals surface area contributed by atoms with Crippen molar-refractivity contribution < 1.29 is 19.1 Å². The van der Waals surface area contributed by atoms with Gasteiger partial charge in [-0.2, -0.15) is 0 Å². The zero-order valence-corrected chi connectivity index (χ0v) is 27.2. The summed E-state index contributed by atoms with van der Waals surface area (Å²) in [5, 5.41) is 5.41. The minimum Gasteiger partial charge on any atom is -0.444 e. The van der Waals surface area contributed by atoms with Gasteiger partial charge in [0.25, 0.3) is 0 Å². The molecule has 0 spiro atoms. The smallest absolute Gasteiger partial charge is 0.410 e. The highest BCUT2D eigenvalue weighted by Gasteiger charge is 2.28. The van der Waals surface area contributed by atoms with E-state index in [4.69, 9.17) is 14.5 Å². The number of hydrogen-bond acceptors (Lipinski definition) is 9. The molecule has 240 valence electrons. The number of carbonyl (C=O) groups excluding carboxylic acids is 2. The van der Waals surface area contributed by atoms with Crippen LogP contribution >= 0.6 is 0 Å². The number of likely N-dealkylation sites (tertiary alicyclic amines) is 1. The molecule has 1 amide bonds. The molecule has 1 N–H and O–H groups in total. The molecule has 0 radical (unpaired) electrons. The van der Waals surface area contributed by atoms with Gasteiger partial charge in [0.2, 0.25) is 11.8 Å². The van der Waals surface area contributed by atoms with E-state index in [0.717, 1.165) is 47.0 Å². The first-order chi connectivity index (χ1) is 22.0. The van der Waals surface area contributed by atoms with Gasteiger partial charge < -0.3 is 24.6 Å². The number of nitrogens with one attached hydrogen (secondary N) is 1. The molecule has 6 rings (SSSR count). The number of aromatic nitrogens is 3. The van der Waals surface area contributed by atoms with Crippen LogP contribution in [0.2, 0.25) is 0 Å². The summed E-state index contributed by atoms with van der Waals surface area (Å²) in [6.07, 6.45) is 5.49. The molecule has 1 unspecified atom stereocenters. The number of nitrogens with zero attached hydrogens (tertiary/aromatic N) is 5. The van der Waals surface area contributed by atoms with Gasteiger partial charge >= 0.3 is 6.09 Å². The fraction of sp³-hybridized carbons (Fsp3) is 0.417. The van der Waals surface area contributed by atoms with E-state index in [0.29, 0.717) is 55.2 Å². The molecule has 10 nitrogen and oxygen atoms in total. The molecule has 4 aromatic rings. The molecule has 10 heteroatoms. The Labute approximate surface area is 270 Å². The van der Waals surface area contributed by atoms with Gasteiger partial charge in [0.1, 0.15) is 11.4 Å². The number of pyridine rings is 1. The molecule has 2 atom stereocenters. The second-order valence-electron chi connectivity index (χ2n) is 13.4. The summed E-state index contributed by atoms with van der Waals surface area (Å²) in [6.45, 7) is 12.2. The molecule has 2 aliphatic heterocycles. The molecule has 46 heavy (non-hydrogen) atoms. The molecule has 2 saturated heterocycles. The number of rotatable bonds is 6. The highest BCUT2D eigenvalue weighted by molar-refractivity contribution is 6.00. The number of benzene rings is 2. The van der Waals surface area contributed by atoms with Gasteiger partial charge in [0.15, 0.2) is 5.78 Å². The predicted octanol–water partition coefficient (Wildman–Crippen LogP) is 7.02. The Morgan fingerprint density at radius 3 is 2.65 bits per heavy atom. The van der Waals surface area contributed by atoms with E-state index in [-0.39, 0.29) is 17.9 Å². The fourth-order valence-corrected chi connectivity index (χ4v) is 6.30. The average Bonchev–Trinajstić information content (AvgIpc) is 3.01. The van der Waals surface area contributed by atoms with Gasteiger partial charge in [-0.1, -0.05) is 31.2 Å². The monoisotopic (exact) mass is 622 g/mol. The first kappa shape index (κ1) is 31.3. The van der Waals surface area contributed by atoms with E-state index in [1.54, 1.807) is 17.3 Å². The lowest BCUT2D eigenvalue weighted by Gasteiger charge is -2.34. The van der Waals surface area contributed by atoms with Crippen molar-refractivity contribution in [2.45, 2.75) is 65.5 Å². The zero-order valence-electron chi connectivity index (χ0n) is 27.2. The van der Waals surface area contributed by atoms with Crippen LogP contribution in [0, 0.1) is 12.8 Å². The molecule has 0 bridgehead atoms. The van der Waals surface area contributed by atoms with Gasteiger partial charge in [-0.15, -0.1) is 0 Å². The maximum absolute atomic E-state index is 12.7. The van der Waals surface area contributed by atoms with Crippen molar-refractivity contribution >= 4 is 34.3 Å². The van der Waals surface area contributed by atoms with Crippen molar-refractivity contribution in [1.29, 1.82) is 0 Å². The minimum absolute atomic E-state index is 0.00755. The molecule has 2 aromatic carbocycles. The first-order valence-electron chi connectivity index (χ1n) is 16.0. The molecule has 0 saturated carbocycles. The van der Waals surface area contributed by atoms with Gasteiger partial charge in [-0.05, 0) is 76.3 Å². The number of fused-ring (bicyclic) bond motifs is 1. The maximum Gasteiger partial charge on any atom is 0.410 e. The lowest BCUT2D eigenvalue weighted by Crippen LogP contribution is -2.47. The number of aryl methyl sites for hydroxylation is 1. The van der Waals surface area contributed by atoms with E-state index < -0.39 is 5.60 Å². The Hall–Kier alpha value is -4.73. The Kier molecular flexibility index (Phi) is 8.80. The number of ether oxygens (including phenoxy) is 2. The van der Waals surface area contributed by atoms with Crippen LogP contribution in [0.4, 0.5) is 16.4 Å². The van der Waals surface area contributed by atoms with Gasteiger partial charge in [-0.25, -0.2) is 19.7 Å². The largest absolute Gasteiger partial charge is 0.444 e. The Morgan fingerprint density at radius 1 is 1.00 bits per heavy atom. The van der Waals surface area contributed by atoms with Gasteiger partial charge in [0.05, 0.1) is 17.8 Å². The second-order valence-corrected chi connectivity index (χ2v) is 13.4. The van der Waals surface area contributed by atoms with E-state index in [2.05, 4.69) is 51.4 Å². The van der Waals surface area contributed by atoms with Crippen molar-refractivity contribution in [3.63, 3.8) is 0 Å². The van der Waals surface area contributed by atoms with Crippen LogP contribution in [0.3, 0.4) is 0 Å². The number of Topliss-reactive ketones (excluding diaryl/α,β-unsaturated/α-hetero) is 1. The Morgan fingerprint density at radius 2 is 1.85 bits per heavy atom. The molecular formula is C36H42N6O4. The maximum atomic E-state index is 12.7. The Balaban J connectivity index is 1.25. The molecule has 2 aliphatic rings. The summed E-state index contributed by atoms with van der Waals surface area (Å²) in [4.78, 5) is 43.0. The third-order valence-electron chi connectivity index (χ3n) is 8.31. The highest BCUT2D eigenvalue weighted by Crippen LogP contribution is 2.40. The molecule has 4 heterocycles. The van der Waals surface area contributed by atoms with Crippen LogP contribution in [0.5, 0.6) is 11.6 Å². The van der Waals surface area contributed by atoms with Gasteiger partial charge in [0, 0.05) is 61.0 Å². The highest BCUT2D eigenvalue weighted by atomic mass is 16.6. The van der Waals surface area contributed by atoms with Crippen molar-refractivity contribution in [3.05, 3.63) is 66.5 Å². The topological polar surface area (TPSA) is 110 Å². The van der Waals surface area contributed by atoms with Crippen LogP contribution in [0.1, 0.15) is 52.5 Å². The van der Waals surface area contributed by atoms with Crippen LogP contribution < -0.4 is 15.0 Å². The van der Waals surface area contributed by atoms with E-state index in [9.17, 15) is 9.59 Å². The van der Waals surface area contributed by atoms with Crippen LogP contribution in [0.15, 0.2) is 60.9 Å². The molecular weight excluding hydrogens is 580 g/mol. The summed E-state index contributed by atoms with van der Waals surface area (Å²) in [6, 6.07) is 15.9. The third-order valence-corrected chi connectivity index (χ3v) is 8.31. The lowest BCUT2D eigenvalue weighted by molar-refractivity contribution is -0.119. The van der Waals surface area contributed by atoms with Gasteiger partial charge in [-0.3, -0.25) is 4.79 Å². The van der Waals surface area contributed by atoms with Crippen molar-refractivity contribution in [1.82, 2.24) is 19.9 Å². The average molecular weight is 623 g/mol. The van der Waals surface area contributed by atoms with E-state index in [1.165, 1.54) is 0 Å². The summed E-state index contributed by atoms with van der Waals surface area (Å²) in [5.74, 6) is 2.19. The third kappa shape index (κ3) is 7.06. The quantitative estimate of drug-likeness (QED) is 0.243. The summed E-state index contributed by atoms with van der Waals surface area (Å²) in [7, 11) is 0. The molecule has 0 aliphatic carbocycles.